The number of methoxy groups -OCH3 is 4. The molecule has 0 aliphatic carbocycles. The number of aromatic nitrogens is 14. The van der Waals surface area contributed by atoms with Crippen LogP contribution >= 0.6 is 0 Å². The Bertz CT molecular complexity index is 3310. The van der Waals surface area contributed by atoms with Gasteiger partial charge in [0.2, 0.25) is 11.6 Å². The Morgan fingerprint density at radius 1 is 0.594 bits per heavy atom. The predicted octanol–water partition coefficient (Wildman–Crippen LogP) is 2.39. The molecule has 0 saturated carbocycles. The van der Waals surface area contributed by atoms with E-state index in [1.165, 1.54) is 60.5 Å². The quantitative estimate of drug-likeness (QED) is 0.0918. The molecule has 0 aliphatic heterocycles. The van der Waals surface area contributed by atoms with Gasteiger partial charge in [-0.05, 0) is 31.2 Å². The van der Waals surface area contributed by atoms with Gasteiger partial charge in [-0.1, -0.05) is 0 Å². The molecule has 64 heavy (non-hydrogen) atoms. The van der Waals surface area contributed by atoms with Crippen molar-refractivity contribution < 1.29 is 33.7 Å². The Labute approximate surface area is 353 Å². The van der Waals surface area contributed by atoms with E-state index in [1.54, 1.807) is 6.92 Å². The van der Waals surface area contributed by atoms with E-state index >= 15 is 0 Å². The Kier molecular flexibility index (Phi) is 12.3. The van der Waals surface area contributed by atoms with Gasteiger partial charge in [0.25, 0.3) is 40.6 Å². The lowest BCUT2D eigenvalue weighted by molar-refractivity contribution is -0.385. The number of tetrazole rings is 2. The first kappa shape index (κ1) is 43.9. The summed E-state index contributed by atoms with van der Waals surface area (Å²) in [4.78, 5) is 76.1. The highest BCUT2D eigenvalue weighted by atomic mass is 16.6. The number of benzene rings is 3. The third-order valence-corrected chi connectivity index (χ3v) is 9.13. The van der Waals surface area contributed by atoms with Gasteiger partial charge in [-0.3, -0.25) is 39.9 Å². The second-order valence-corrected chi connectivity index (χ2v) is 12.6. The molecule has 0 unspecified atom stereocenters. The number of rotatable bonds is 9. The van der Waals surface area contributed by atoms with Crippen molar-refractivity contribution in [3.63, 3.8) is 0 Å². The number of nitrogens with one attached hydrogen (secondary N) is 4. The second kappa shape index (κ2) is 17.9. The van der Waals surface area contributed by atoms with Crippen LogP contribution in [0.15, 0.2) is 27.8 Å². The summed E-state index contributed by atoms with van der Waals surface area (Å²) in [5, 5.41) is 69.4. The molecular weight excluding hydrogens is 852 g/mol. The number of H-pyrrole nitrogens is 4. The number of aromatic amines is 4. The summed E-state index contributed by atoms with van der Waals surface area (Å²) in [6, 6.07) is 5.68. The fraction of sp³-hybridized carbons (Fsp3) is 0.206. The Morgan fingerprint density at radius 3 is 1.48 bits per heavy atom. The van der Waals surface area contributed by atoms with E-state index in [-0.39, 0.29) is 102 Å². The van der Waals surface area contributed by atoms with Crippen molar-refractivity contribution in [2.24, 2.45) is 0 Å². The molecule has 5 aromatic heterocycles. The number of nitro groups is 3. The van der Waals surface area contributed by atoms with E-state index in [0.717, 1.165) is 0 Å². The topological polar surface area (TPSA) is 416 Å². The second-order valence-electron chi connectivity index (χ2n) is 12.6. The summed E-state index contributed by atoms with van der Waals surface area (Å²) < 4.78 is 20.2. The van der Waals surface area contributed by atoms with Gasteiger partial charge in [-0.2, -0.15) is 15.7 Å². The smallest absolute Gasteiger partial charge is 0.314 e. The maximum Gasteiger partial charge on any atom is 0.314 e. The van der Waals surface area contributed by atoms with Gasteiger partial charge in [0, 0.05) is 34.9 Å². The maximum absolute atomic E-state index is 11.5. The molecule has 0 aliphatic rings. The third-order valence-electron chi connectivity index (χ3n) is 9.13. The number of hydrogen-bond acceptors (Lipinski definition) is 23. The molecule has 0 atom stereocenters. The number of nitriles is 1. The lowest BCUT2D eigenvalue weighted by atomic mass is 10.0. The largest absolute Gasteiger partial charge is 0.477 e. The fourth-order valence-corrected chi connectivity index (χ4v) is 6.16. The van der Waals surface area contributed by atoms with Crippen LogP contribution in [0.3, 0.4) is 0 Å². The van der Waals surface area contributed by atoms with Crippen LogP contribution < -0.4 is 30.1 Å². The van der Waals surface area contributed by atoms with E-state index in [2.05, 4.69) is 71.2 Å². The molecule has 0 bridgehead atoms. The van der Waals surface area contributed by atoms with Crippen molar-refractivity contribution in [2.45, 2.75) is 20.8 Å². The fourth-order valence-electron chi connectivity index (χ4n) is 6.16. The van der Waals surface area contributed by atoms with Gasteiger partial charge in [0.15, 0.2) is 0 Å². The van der Waals surface area contributed by atoms with E-state index in [9.17, 15) is 45.2 Å². The Hall–Kier alpha value is -9.69. The number of nitro benzene ring substituents is 3. The SMILES string of the molecule is COc1nc2cc([N+](=O)[O-])c(C)c(-c3nn[nH]n3)c2nc1OC.COc1nc2cc([N+](=O)[O-])c(C)c(C#N)c2nc1OC.Cc1c([N+](=O)[O-])cc2[nH]c(=O)c(=O)[nH]c2c1-c1nn[nH]n1. The number of ether oxygens (including phenoxy) is 4. The molecule has 30 heteroatoms. The van der Waals surface area contributed by atoms with Crippen LogP contribution in [0.4, 0.5) is 17.1 Å². The minimum Gasteiger partial charge on any atom is -0.477 e. The van der Waals surface area contributed by atoms with Gasteiger partial charge >= 0.3 is 11.1 Å². The van der Waals surface area contributed by atoms with Gasteiger partial charge < -0.3 is 28.9 Å². The van der Waals surface area contributed by atoms with E-state index in [1.807, 2.05) is 6.07 Å². The van der Waals surface area contributed by atoms with Crippen molar-refractivity contribution in [3.05, 3.63) is 91.5 Å². The summed E-state index contributed by atoms with van der Waals surface area (Å²) in [5.74, 6) is 0.739. The first-order valence-corrected chi connectivity index (χ1v) is 17.6. The van der Waals surface area contributed by atoms with Crippen molar-refractivity contribution in [3.8, 4) is 52.4 Å². The summed E-state index contributed by atoms with van der Waals surface area (Å²) in [6.45, 7) is 4.57. The van der Waals surface area contributed by atoms with Crippen molar-refractivity contribution in [1.82, 2.24) is 71.2 Å². The van der Waals surface area contributed by atoms with Crippen molar-refractivity contribution in [1.29, 1.82) is 5.26 Å². The summed E-state index contributed by atoms with van der Waals surface area (Å²) in [6.07, 6.45) is 0. The summed E-state index contributed by atoms with van der Waals surface area (Å²) in [7, 11) is 5.60. The van der Waals surface area contributed by atoms with Crippen molar-refractivity contribution >= 4 is 50.2 Å². The van der Waals surface area contributed by atoms with E-state index in [4.69, 9.17) is 18.9 Å². The molecule has 3 aromatic carbocycles. The average Bonchev–Trinajstić information content (AvgIpc) is 4.02. The maximum atomic E-state index is 11.5. The van der Waals surface area contributed by atoms with Crippen LogP contribution in [-0.2, 0) is 0 Å². The molecule has 0 spiro atoms. The van der Waals surface area contributed by atoms with Gasteiger partial charge in [0.05, 0.1) is 70.9 Å². The number of fused-ring (bicyclic) bond motifs is 3. The number of hydrogen-bond donors (Lipinski definition) is 4. The standard InChI is InChI=1S/C12H11N7O4.C12H10N4O4.C10H7N7O4/c1-5-7(19(20)21)4-6-9(8(5)10-15-17-18-16-10)14-12(23-3)11(13-6)22-2;1-6-7(5-13)10-8(4-9(6)16(17)18)14-11(19-2)12(15-10)20-3;1-3-5(17(20)21)2-4-7(12-10(19)9(18)11-4)6(3)8-13-15-16-14-8/h4H,1-3H3,(H,15,16,17,18);4H,1-3H3;2H,1H3,(H,11,18)(H,12,19)(H,13,14,15,16). The highest BCUT2D eigenvalue weighted by Gasteiger charge is 2.26. The van der Waals surface area contributed by atoms with Crippen LogP contribution in [0.1, 0.15) is 22.3 Å². The van der Waals surface area contributed by atoms with Crippen LogP contribution in [0.25, 0.3) is 55.9 Å². The molecule has 4 N–H and O–H groups in total. The molecule has 0 amide bonds. The third kappa shape index (κ3) is 8.11. The van der Waals surface area contributed by atoms with Crippen molar-refractivity contribution in [2.75, 3.05) is 28.4 Å². The van der Waals surface area contributed by atoms with Crippen LogP contribution in [0.2, 0.25) is 0 Å². The highest BCUT2D eigenvalue weighted by Crippen LogP contribution is 2.38. The molecule has 0 radical (unpaired) electrons. The van der Waals surface area contributed by atoms with Crippen LogP contribution in [0.5, 0.6) is 23.5 Å². The lowest BCUT2D eigenvalue weighted by Crippen LogP contribution is -2.29. The molecule has 8 rings (SSSR count). The molecule has 30 nitrogen and oxygen atoms in total. The van der Waals surface area contributed by atoms with E-state index in [0.29, 0.717) is 16.6 Å². The molecule has 326 valence electrons. The molecule has 0 fully saturated rings. The normalized spacial score (nSPS) is 10.6. The molecule has 0 saturated heterocycles. The minimum absolute atomic E-state index is 0.0731. The average molecular weight is 881 g/mol. The lowest BCUT2D eigenvalue weighted by Gasteiger charge is -2.10. The zero-order valence-corrected chi connectivity index (χ0v) is 33.9. The van der Waals surface area contributed by atoms with Gasteiger partial charge in [0.1, 0.15) is 28.1 Å². The zero-order valence-electron chi connectivity index (χ0n) is 33.9. The van der Waals surface area contributed by atoms with Gasteiger partial charge in [-0.15, -0.1) is 20.4 Å². The summed E-state index contributed by atoms with van der Waals surface area (Å²) in [5.41, 5.74) is 0.575. The highest BCUT2D eigenvalue weighted by molar-refractivity contribution is 5.95. The number of nitrogens with zero attached hydrogens (tertiary/aromatic N) is 14. The van der Waals surface area contributed by atoms with Crippen LogP contribution in [-0.4, -0.2) is 114 Å². The first-order chi connectivity index (χ1) is 30.6. The monoisotopic (exact) mass is 880 g/mol. The minimum atomic E-state index is -0.903. The zero-order chi connectivity index (χ0) is 46.6. The predicted molar refractivity (Wildman–Crippen MR) is 216 cm³/mol. The molecular formula is C34H28N18O12. The Balaban J connectivity index is 0.000000160. The van der Waals surface area contributed by atoms with Crippen LogP contribution in [0, 0.1) is 62.4 Å². The first-order valence-electron chi connectivity index (χ1n) is 17.6. The van der Waals surface area contributed by atoms with E-state index < -0.39 is 25.9 Å². The molecule has 8 aromatic rings. The molecule has 5 heterocycles. The summed E-state index contributed by atoms with van der Waals surface area (Å²) >= 11 is 0. The Morgan fingerprint density at radius 2 is 1.02 bits per heavy atom. The van der Waals surface area contributed by atoms with Gasteiger partial charge in [-0.25, -0.2) is 19.9 Å².